The Balaban J connectivity index is 3.58. The van der Waals surface area contributed by atoms with Crippen molar-refractivity contribution in [3.05, 3.63) is 0 Å². The van der Waals surface area contributed by atoms with E-state index in [-0.39, 0.29) is 0 Å². The van der Waals surface area contributed by atoms with Crippen molar-refractivity contribution in [2.24, 2.45) is 17.5 Å². The lowest BCUT2D eigenvalue weighted by Gasteiger charge is -2.17. The number of nitrogens with zero attached hydrogens (tertiary/aromatic N) is 1. The van der Waals surface area contributed by atoms with Gasteiger partial charge in [-0.2, -0.15) is 0 Å². The lowest BCUT2D eigenvalue weighted by Crippen LogP contribution is -2.25. The summed E-state index contributed by atoms with van der Waals surface area (Å²) >= 11 is 0. The van der Waals surface area contributed by atoms with E-state index in [0.717, 1.165) is 25.4 Å². The third kappa shape index (κ3) is 10.1. The van der Waals surface area contributed by atoms with Gasteiger partial charge >= 0.3 is 0 Å². The smallest absolute Gasteiger partial charge is 0.01000 e. The Morgan fingerprint density at radius 2 is 1.80 bits per heavy atom. The molecule has 0 radical (unpaired) electrons. The van der Waals surface area contributed by atoms with Crippen molar-refractivity contribution < 1.29 is 0 Å². The van der Waals surface area contributed by atoms with Crippen molar-refractivity contribution in [3.63, 3.8) is 0 Å². The summed E-state index contributed by atoms with van der Waals surface area (Å²) in [7, 11) is 4.24. The first-order valence-electron chi connectivity index (χ1n) is 5.99. The summed E-state index contributed by atoms with van der Waals surface area (Å²) in [5.41, 5.74) is 8.27. The second kappa shape index (κ2) is 10.4. The molecule has 15 heavy (non-hydrogen) atoms. The largest absolute Gasteiger partial charge is 0.330 e. The van der Waals surface area contributed by atoms with Gasteiger partial charge in [-0.25, -0.2) is 0 Å². The minimum atomic E-state index is 0.782. The van der Waals surface area contributed by atoms with E-state index in [9.17, 15) is 0 Å². The molecule has 1 unspecified atom stereocenters. The molecule has 0 rings (SSSR count). The number of rotatable bonds is 10. The molecule has 5 N–H and O–H groups in total. The molecule has 0 aliphatic carbocycles. The molecule has 4 heteroatoms. The van der Waals surface area contributed by atoms with Crippen LogP contribution >= 0.6 is 0 Å². The second-order valence-corrected chi connectivity index (χ2v) is 4.49. The van der Waals surface area contributed by atoms with Gasteiger partial charge in [0, 0.05) is 6.54 Å². The fourth-order valence-corrected chi connectivity index (χ4v) is 1.82. The zero-order valence-corrected chi connectivity index (χ0v) is 10.3. The topological polar surface area (TPSA) is 67.3 Å². The van der Waals surface area contributed by atoms with Crippen LogP contribution in [-0.4, -0.2) is 38.6 Å². The zero-order chi connectivity index (χ0) is 11.5. The number of nitrogens with one attached hydrogen (secondary N) is 1. The molecule has 0 aliphatic heterocycles. The molecule has 0 amide bonds. The Labute approximate surface area is 94.3 Å². The predicted octanol–water partition coefficient (Wildman–Crippen LogP) is 0.537. The average molecular weight is 216 g/mol. The lowest BCUT2D eigenvalue weighted by molar-refractivity contribution is 0.340. The van der Waals surface area contributed by atoms with Gasteiger partial charge in [-0.05, 0) is 65.2 Å². The van der Waals surface area contributed by atoms with E-state index in [1.54, 1.807) is 0 Å². The highest BCUT2D eigenvalue weighted by Gasteiger charge is 2.07. The summed E-state index contributed by atoms with van der Waals surface area (Å²) in [6.07, 6.45) is 6.11. The first-order valence-corrected chi connectivity index (χ1v) is 5.99. The Morgan fingerprint density at radius 3 is 2.33 bits per heavy atom. The highest BCUT2D eigenvalue weighted by molar-refractivity contribution is 4.62. The number of hydrogen-bond donors (Lipinski definition) is 3. The molecule has 0 heterocycles. The van der Waals surface area contributed by atoms with Crippen molar-refractivity contribution in [2.45, 2.75) is 32.1 Å². The molecule has 0 aromatic carbocycles. The fourth-order valence-electron chi connectivity index (χ4n) is 1.82. The molecule has 0 aliphatic rings. The molecule has 92 valence electrons. The Kier molecular flexibility index (Phi) is 10.3. The molecular formula is C11H28N4. The highest BCUT2D eigenvalue weighted by Crippen LogP contribution is 2.16. The van der Waals surface area contributed by atoms with Crippen LogP contribution in [0.15, 0.2) is 0 Å². The molecule has 4 nitrogen and oxygen atoms in total. The summed E-state index contributed by atoms with van der Waals surface area (Å²) in [5.74, 6) is 6.08. The highest BCUT2D eigenvalue weighted by atomic mass is 15.2. The van der Waals surface area contributed by atoms with E-state index in [4.69, 9.17) is 11.6 Å². The van der Waals surface area contributed by atoms with Gasteiger partial charge in [0.25, 0.3) is 0 Å². The van der Waals surface area contributed by atoms with Crippen LogP contribution in [0.2, 0.25) is 0 Å². The summed E-state index contributed by atoms with van der Waals surface area (Å²) in [5, 5.41) is 0. The molecular weight excluding hydrogens is 188 g/mol. The quantitative estimate of drug-likeness (QED) is 0.368. The van der Waals surface area contributed by atoms with Crippen LogP contribution in [0, 0.1) is 5.92 Å². The number of hydrogen-bond acceptors (Lipinski definition) is 4. The first kappa shape index (κ1) is 14.8. The van der Waals surface area contributed by atoms with Crippen LogP contribution in [-0.2, 0) is 0 Å². The lowest BCUT2D eigenvalue weighted by atomic mass is 9.94. The van der Waals surface area contributed by atoms with Crippen molar-refractivity contribution in [3.8, 4) is 0 Å². The molecule has 0 fully saturated rings. The van der Waals surface area contributed by atoms with Crippen LogP contribution in [0.25, 0.3) is 0 Å². The van der Waals surface area contributed by atoms with Gasteiger partial charge in [-0.15, -0.1) is 0 Å². The van der Waals surface area contributed by atoms with Crippen molar-refractivity contribution >= 4 is 0 Å². The number of nitrogens with two attached hydrogens (primary N) is 2. The summed E-state index contributed by atoms with van der Waals surface area (Å²) in [6, 6.07) is 0. The van der Waals surface area contributed by atoms with Crippen LogP contribution in [0.1, 0.15) is 32.1 Å². The molecule has 0 aromatic heterocycles. The Morgan fingerprint density at radius 1 is 1.13 bits per heavy atom. The zero-order valence-electron chi connectivity index (χ0n) is 10.3. The van der Waals surface area contributed by atoms with Gasteiger partial charge in [0.1, 0.15) is 0 Å². The van der Waals surface area contributed by atoms with Crippen LogP contribution < -0.4 is 17.0 Å². The predicted molar refractivity (Wildman–Crippen MR) is 66.4 cm³/mol. The van der Waals surface area contributed by atoms with Crippen molar-refractivity contribution in [1.82, 2.24) is 10.3 Å². The Hall–Kier alpha value is -0.160. The van der Waals surface area contributed by atoms with Gasteiger partial charge in [0.2, 0.25) is 0 Å². The van der Waals surface area contributed by atoms with Crippen LogP contribution in [0.4, 0.5) is 0 Å². The average Bonchev–Trinajstić information content (AvgIpc) is 2.20. The maximum absolute atomic E-state index is 5.53. The molecule has 0 aromatic rings. The molecule has 1 atom stereocenters. The standard InChI is InChI=1S/C11H28N4/c1-15(2)10-4-6-11(5-3-8-12)7-9-14-13/h11,14H,3-10,12-13H2,1-2H3. The van der Waals surface area contributed by atoms with E-state index < -0.39 is 0 Å². The molecule has 0 bridgehead atoms. The minimum Gasteiger partial charge on any atom is -0.330 e. The van der Waals surface area contributed by atoms with Gasteiger partial charge in [-0.3, -0.25) is 11.3 Å². The third-order valence-electron chi connectivity index (χ3n) is 2.73. The maximum atomic E-state index is 5.53. The normalized spacial score (nSPS) is 13.4. The summed E-state index contributed by atoms with van der Waals surface area (Å²) in [6.45, 7) is 2.90. The SMILES string of the molecule is CN(C)CCCC(CCCN)CCNN. The Bertz CT molecular complexity index is 120. The molecule has 0 spiro atoms. The summed E-state index contributed by atoms with van der Waals surface area (Å²) in [4.78, 5) is 2.24. The van der Waals surface area contributed by atoms with Crippen molar-refractivity contribution in [1.29, 1.82) is 0 Å². The van der Waals surface area contributed by atoms with E-state index in [0.29, 0.717) is 0 Å². The maximum Gasteiger partial charge on any atom is 0.01000 e. The van der Waals surface area contributed by atoms with Crippen molar-refractivity contribution in [2.75, 3.05) is 33.7 Å². The monoisotopic (exact) mass is 216 g/mol. The third-order valence-corrected chi connectivity index (χ3v) is 2.73. The van der Waals surface area contributed by atoms with Gasteiger partial charge in [0.15, 0.2) is 0 Å². The fraction of sp³-hybridized carbons (Fsp3) is 1.00. The van der Waals surface area contributed by atoms with Crippen LogP contribution in [0.3, 0.4) is 0 Å². The number of hydrazine groups is 1. The second-order valence-electron chi connectivity index (χ2n) is 4.49. The molecule has 0 saturated heterocycles. The van der Waals surface area contributed by atoms with E-state index in [1.807, 2.05) is 0 Å². The van der Waals surface area contributed by atoms with E-state index in [1.165, 1.54) is 32.2 Å². The van der Waals surface area contributed by atoms with E-state index >= 15 is 0 Å². The van der Waals surface area contributed by atoms with Crippen LogP contribution in [0.5, 0.6) is 0 Å². The van der Waals surface area contributed by atoms with Gasteiger partial charge < -0.3 is 10.6 Å². The van der Waals surface area contributed by atoms with E-state index in [2.05, 4.69) is 24.4 Å². The summed E-state index contributed by atoms with van der Waals surface area (Å²) < 4.78 is 0. The minimum absolute atomic E-state index is 0.782. The van der Waals surface area contributed by atoms with Gasteiger partial charge in [0.05, 0.1) is 0 Å². The van der Waals surface area contributed by atoms with Gasteiger partial charge in [-0.1, -0.05) is 0 Å². The first-order chi connectivity index (χ1) is 7.20. The molecule has 0 saturated carbocycles.